The third-order valence-electron chi connectivity index (χ3n) is 4.64. The van der Waals surface area contributed by atoms with Crippen LogP contribution in [0.3, 0.4) is 0 Å². The van der Waals surface area contributed by atoms with Gasteiger partial charge in [-0.3, -0.25) is 0 Å². The number of ether oxygens (including phenoxy) is 2. The Balaban J connectivity index is 3.12. The zero-order valence-electron chi connectivity index (χ0n) is 17.0. The Hall–Kier alpha value is -0.380. The first kappa shape index (κ1) is 24.6. The van der Waals surface area contributed by atoms with Crippen LogP contribution in [0.4, 0.5) is 0 Å². The second-order valence-electron chi connectivity index (χ2n) is 7.05. The van der Waals surface area contributed by atoms with Crippen LogP contribution < -0.4 is 0 Å². The Morgan fingerprint density at radius 1 is 0.760 bits per heavy atom. The summed E-state index contributed by atoms with van der Waals surface area (Å²) in [5, 5.41) is 8.96. The molecule has 150 valence electrons. The number of aliphatic hydroxyl groups excluding tert-OH is 1. The van der Waals surface area contributed by atoms with Crippen LogP contribution in [-0.2, 0) is 9.47 Å². The van der Waals surface area contributed by atoms with Gasteiger partial charge in [0.05, 0.1) is 13.2 Å². The standard InChI is InChI=1S/C22H44O3/c1-3-4-5-6-7-8-9-10-11-12-13-14-15-16-17-18-19-25-21-22(20-23)24-2/h10-11,22-23H,3-9,12-21H2,1-2H3. The van der Waals surface area contributed by atoms with Crippen molar-refractivity contribution in [1.82, 2.24) is 0 Å². The SMILES string of the molecule is CCCCCCCCC=CCCCCCCCCOCC(CO)OC. The Morgan fingerprint density at radius 3 is 1.80 bits per heavy atom. The molecule has 0 bridgehead atoms. The minimum atomic E-state index is -0.172. The molecule has 1 atom stereocenters. The van der Waals surface area contributed by atoms with E-state index in [2.05, 4.69) is 19.1 Å². The van der Waals surface area contributed by atoms with Crippen LogP contribution >= 0.6 is 0 Å². The average molecular weight is 357 g/mol. The van der Waals surface area contributed by atoms with E-state index in [9.17, 15) is 0 Å². The summed E-state index contributed by atoms with van der Waals surface area (Å²) in [4.78, 5) is 0. The van der Waals surface area contributed by atoms with Gasteiger partial charge in [0.15, 0.2) is 0 Å². The quantitative estimate of drug-likeness (QED) is 0.213. The molecule has 0 aromatic rings. The maximum Gasteiger partial charge on any atom is 0.103 e. The lowest BCUT2D eigenvalue weighted by Crippen LogP contribution is -2.22. The van der Waals surface area contributed by atoms with Gasteiger partial charge in [0.2, 0.25) is 0 Å². The molecule has 0 heterocycles. The van der Waals surface area contributed by atoms with Gasteiger partial charge in [-0.25, -0.2) is 0 Å². The summed E-state index contributed by atoms with van der Waals surface area (Å²) in [5.74, 6) is 0. The van der Waals surface area contributed by atoms with Crippen molar-refractivity contribution in [3.63, 3.8) is 0 Å². The van der Waals surface area contributed by atoms with E-state index in [1.165, 1.54) is 83.5 Å². The second-order valence-corrected chi connectivity index (χ2v) is 7.05. The Kier molecular flexibility index (Phi) is 21.3. The molecule has 0 saturated carbocycles. The van der Waals surface area contributed by atoms with Crippen LogP contribution in [0.1, 0.15) is 96.8 Å². The van der Waals surface area contributed by atoms with Crippen molar-refractivity contribution in [1.29, 1.82) is 0 Å². The van der Waals surface area contributed by atoms with Gasteiger partial charge in [-0.15, -0.1) is 0 Å². The van der Waals surface area contributed by atoms with E-state index in [-0.39, 0.29) is 12.7 Å². The topological polar surface area (TPSA) is 38.7 Å². The van der Waals surface area contributed by atoms with E-state index in [0.29, 0.717) is 6.61 Å². The number of hydrogen-bond donors (Lipinski definition) is 1. The number of unbranched alkanes of at least 4 members (excludes halogenated alkanes) is 12. The molecule has 0 aliphatic rings. The highest BCUT2D eigenvalue weighted by Gasteiger charge is 2.04. The number of aliphatic hydroxyl groups is 1. The first-order valence-electron chi connectivity index (χ1n) is 10.7. The van der Waals surface area contributed by atoms with E-state index in [0.717, 1.165) is 13.0 Å². The highest BCUT2D eigenvalue weighted by molar-refractivity contribution is 4.81. The Labute approximate surface area is 157 Å². The molecule has 1 unspecified atom stereocenters. The summed E-state index contributed by atoms with van der Waals surface area (Å²) in [5.41, 5.74) is 0. The molecule has 0 amide bonds. The maximum atomic E-state index is 8.96. The molecule has 3 heteroatoms. The van der Waals surface area contributed by atoms with Gasteiger partial charge in [0.25, 0.3) is 0 Å². The van der Waals surface area contributed by atoms with E-state index in [4.69, 9.17) is 14.6 Å². The molecule has 25 heavy (non-hydrogen) atoms. The zero-order chi connectivity index (χ0) is 18.4. The van der Waals surface area contributed by atoms with E-state index < -0.39 is 0 Å². The molecule has 0 radical (unpaired) electrons. The lowest BCUT2D eigenvalue weighted by Gasteiger charge is -2.12. The number of allylic oxidation sites excluding steroid dienone is 2. The predicted molar refractivity (Wildman–Crippen MR) is 108 cm³/mol. The number of methoxy groups -OCH3 is 1. The molecular weight excluding hydrogens is 312 g/mol. The summed E-state index contributed by atoms with van der Waals surface area (Å²) in [6.45, 7) is 3.58. The predicted octanol–water partition coefficient (Wildman–Crippen LogP) is 6.05. The summed E-state index contributed by atoms with van der Waals surface area (Å²) >= 11 is 0. The summed E-state index contributed by atoms with van der Waals surface area (Å²) in [6, 6.07) is 0. The second kappa shape index (κ2) is 21.7. The first-order chi connectivity index (χ1) is 12.3. The van der Waals surface area contributed by atoms with Crippen molar-refractivity contribution in [3.05, 3.63) is 12.2 Å². The first-order valence-corrected chi connectivity index (χ1v) is 10.7. The summed E-state index contributed by atoms with van der Waals surface area (Å²) in [6.07, 6.45) is 23.1. The van der Waals surface area contributed by atoms with Crippen molar-refractivity contribution in [2.75, 3.05) is 26.9 Å². The van der Waals surface area contributed by atoms with Gasteiger partial charge in [-0.2, -0.15) is 0 Å². The number of hydrogen-bond acceptors (Lipinski definition) is 3. The molecule has 0 aromatic heterocycles. The van der Waals surface area contributed by atoms with Crippen LogP contribution in [0.25, 0.3) is 0 Å². The van der Waals surface area contributed by atoms with Gasteiger partial charge >= 0.3 is 0 Å². The van der Waals surface area contributed by atoms with Crippen molar-refractivity contribution < 1.29 is 14.6 Å². The molecule has 1 N–H and O–H groups in total. The highest BCUT2D eigenvalue weighted by Crippen LogP contribution is 2.10. The summed E-state index contributed by atoms with van der Waals surface area (Å²) in [7, 11) is 1.61. The normalized spacial score (nSPS) is 12.9. The molecule has 0 aliphatic heterocycles. The van der Waals surface area contributed by atoms with Crippen LogP contribution in [0.2, 0.25) is 0 Å². The molecule has 0 aromatic carbocycles. The lowest BCUT2D eigenvalue weighted by molar-refractivity contribution is -0.0205. The third-order valence-corrected chi connectivity index (χ3v) is 4.64. The van der Waals surface area contributed by atoms with Crippen molar-refractivity contribution in [2.45, 2.75) is 103 Å². The van der Waals surface area contributed by atoms with Crippen LogP contribution in [0.15, 0.2) is 12.2 Å². The Bertz CT molecular complexity index is 262. The molecule has 0 spiro atoms. The highest BCUT2D eigenvalue weighted by atomic mass is 16.5. The van der Waals surface area contributed by atoms with Crippen LogP contribution in [0.5, 0.6) is 0 Å². The van der Waals surface area contributed by atoms with Gasteiger partial charge in [-0.1, -0.05) is 76.9 Å². The lowest BCUT2D eigenvalue weighted by atomic mass is 10.1. The molecule has 0 rings (SSSR count). The van der Waals surface area contributed by atoms with E-state index in [1.807, 2.05) is 0 Å². The van der Waals surface area contributed by atoms with Crippen molar-refractivity contribution in [3.8, 4) is 0 Å². The van der Waals surface area contributed by atoms with Crippen LogP contribution in [-0.4, -0.2) is 38.1 Å². The molecule has 0 saturated heterocycles. The minimum absolute atomic E-state index is 0.0317. The third kappa shape index (κ3) is 19.8. The van der Waals surface area contributed by atoms with E-state index >= 15 is 0 Å². The van der Waals surface area contributed by atoms with Crippen molar-refractivity contribution >= 4 is 0 Å². The van der Waals surface area contributed by atoms with Crippen molar-refractivity contribution in [2.24, 2.45) is 0 Å². The fourth-order valence-electron chi connectivity index (χ4n) is 2.86. The average Bonchev–Trinajstić information content (AvgIpc) is 2.64. The fraction of sp³-hybridized carbons (Fsp3) is 0.909. The molecule has 3 nitrogen and oxygen atoms in total. The smallest absolute Gasteiger partial charge is 0.103 e. The fourth-order valence-corrected chi connectivity index (χ4v) is 2.86. The largest absolute Gasteiger partial charge is 0.394 e. The summed E-state index contributed by atoms with van der Waals surface area (Å²) < 4.78 is 10.6. The minimum Gasteiger partial charge on any atom is -0.394 e. The Morgan fingerprint density at radius 2 is 1.28 bits per heavy atom. The molecule has 0 aliphatic carbocycles. The number of rotatable bonds is 20. The van der Waals surface area contributed by atoms with Gasteiger partial charge in [0.1, 0.15) is 6.10 Å². The maximum absolute atomic E-state index is 8.96. The monoisotopic (exact) mass is 356 g/mol. The molecule has 0 fully saturated rings. The zero-order valence-corrected chi connectivity index (χ0v) is 17.0. The van der Waals surface area contributed by atoms with Crippen LogP contribution in [0, 0.1) is 0 Å². The van der Waals surface area contributed by atoms with Gasteiger partial charge in [0, 0.05) is 13.7 Å². The van der Waals surface area contributed by atoms with Gasteiger partial charge < -0.3 is 14.6 Å². The van der Waals surface area contributed by atoms with E-state index in [1.54, 1.807) is 7.11 Å². The molecular formula is C22H44O3. The van der Waals surface area contributed by atoms with Gasteiger partial charge in [-0.05, 0) is 32.1 Å².